The minimum atomic E-state index is -2.53. The van der Waals surface area contributed by atoms with Gasteiger partial charge in [-0.25, -0.2) is 13.8 Å². The van der Waals surface area contributed by atoms with Crippen molar-refractivity contribution in [2.45, 2.75) is 45.3 Å². The lowest BCUT2D eigenvalue weighted by Crippen LogP contribution is -2.25. The number of alkyl halides is 2. The van der Waals surface area contributed by atoms with Crippen molar-refractivity contribution < 1.29 is 23.0 Å². The second kappa shape index (κ2) is 10.2. The first kappa shape index (κ1) is 21.8. The zero-order valence-corrected chi connectivity index (χ0v) is 17.2. The zero-order valence-electron chi connectivity index (χ0n) is 17.2. The van der Waals surface area contributed by atoms with E-state index in [-0.39, 0.29) is 23.9 Å². The van der Waals surface area contributed by atoms with E-state index < -0.39 is 13.0 Å². The molecule has 1 N–H and O–H groups in total. The van der Waals surface area contributed by atoms with Crippen LogP contribution in [0.2, 0.25) is 0 Å². The number of nitrogens with zero attached hydrogens (tertiary/aromatic N) is 2. The molecule has 1 fully saturated rings. The number of rotatable bonds is 9. The van der Waals surface area contributed by atoms with Crippen LogP contribution in [0.25, 0.3) is 0 Å². The summed E-state index contributed by atoms with van der Waals surface area (Å²) >= 11 is 0. The average molecular weight is 419 g/mol. The van der Waals surface area contributed by atoms with Crippen LogP contribution in [0.1, 0.15) is 38.3 Å². The van der Waals surface area contributed by atoms with Crippen LogP contribution in [0.15, 0.2) is 42.6 Å². The van der Waals surface area contributed by atoms with Gasteiger partial charge in [0.15, 0.2) is 6.61 Å². The van der Waals surface area contributed by atoms with Crippen molar-refractivity contribution in [2.75, 3.05) is 24.6 Å². The molecular weight excluding hydrogens is 392 g/mol. The highest BCUT2D eigenvalue weighted by Crippen LogP contribution is 2.26. The predicted molar refractivity (Wildman–Crippen MR) is 110 cm³/mol. The lowest BCUT2D eigenvalue weighted by molar-refractivity contribution is -0.121. The Bertz CT molecular complexity index is 833. The van der Waals surface area contributed by atoms with Crippen molar-refractivity contribution >= 4 is 11.6 Å². The van der Waals surface area contributed by atoms with Gasteiger partial charge in [0, 0.05) is 37.3 Å². The van der Waals surface area contributed by atoms with Gasteiger partial charge in [0.25, 0.3) is 6.43 Å². The predicted octanol–water partition coefficient (Wildman–Crippen LogP) is 3.97. The van der Waals surface area contributed by atoms with E-state index in [1.165, 1.54) is 0 Å². The molecule has 1 aromatic carbocycles. The van der Waals surface area contributed by atoms with Crippen LogP contribution < -0.4 is 19.7 Å². The van der Waals surface area contributed by atoms with E-state index in [4.69, 9.17) is 9.47 Å². The molecule has 1 aliphatic rings. The zero-order chi connectivity index (χ0) is 21.5. The number of ether oxygens (including phenoxy) is 2. The molecular formula is C22H27F2N3O3. The summed E-state index contributed by atoms with van der Waals surface area (Å²) in [6.45, 7) is 4.59. The SMILES string of the molecule is CCC(=O)N[C@@H](C)c1ccc(OC2CCN(c3ccnc(OCC(F)F)c3)C2)cc1. The smallest absolute Gasteiger partial charge is 0.272 e. The van der Waals surface area contributed by atoms with Gasteiger partial charge in [-0.05, 0) is 30.7 Å². The fourth-order valence-corrected chi connectivity index (χ4v) is 3.34. The maximum absolute atomic E-state index is 12.3. The Balaban J connectivity index is 1.53. The van der Waals surface area contributed by atoms with E-state index in [1.54, 1.807) is 12.3 Å². The highest BCUT2D eigenvalue weighted by Gasteiger charge is 2.25. The second-order valence-electron chi connectivity index (χ2n) is 7.24. The van der Waals surface area contributed by atoms with E-state index >= 15 is 0 Å². The summed E-state index contributed by atoms with van der Waals surface area (Å²) in [7, 11) is 0. The Morgan fingerprint density at radius 3 is 2.77 bits per heavy atom. The van der Waals surface area contributed by atoms with Gasteiger partial charge >= 0.3 is 0 Å². The molecule has 1 aliphatic heterocycles. The minimum absolute atomic E-state index is 0.0201. The largest absolute Gasteiger partial charge is 0.489 e. The number of carbonyl (C=O) groups excluding carboxylic acids is 1. The average Bonchev–Trinajstić information content (AvgIpc) is 3.21. The Kier molecular flexibility index (Phi) is 7.43. The molecule has 30 heavy (non-hydrogen) atoms. The Morgan fingerprint density at radius 1 is 1.30 bits per heavy atom. The summed E-state index contributed by atoms with van der Waals surface area (Å²) in [5, 5.41) is 2.94. The van der Waals surface area contributed by atoms with E-state index in [9.17, 15) is 13.6 Å². The quantitative estimate of drug-likeness (QED) is 0.666. The molecule has 3 rings (SSSR count). The first-order valence-electron chi connectivity index (χ1n) is 10.1. The molecule has 2 atom stereocenters. The molecule has 0 bridgehead atoms. The normalized spacial score (nSPS) is 17.1. The Morgan fingerprint density at radius 2 is 2.07 bits per heavy atom. The number of benzene rings is 1. The summed E-state index contributed by atoms with van der Waals surface area (Å²) < 4.78 is 35.8. The van der Waals surface area contributed by atoms with Crippen molar-refractivity contribution in [3.05, 3.63) is 48.2 Å². The second-order valence-corrected chi connectivity index (χ2v) is 7.24. The van der Waals surface area contributed by atoms with Gasteiger partial charge in [-0.1, -0.05) is 19.1 Å². The van der Waals surface area contributed by atoms with Crippen molar-refractivity contribution in [1.82, 2.24) is 10.3 Å². The van der Waals surface area contributed by atoms with Crippen molar-refractivity contribution in [3.63, 3.8) is 0 Å². The number of hydrogen-bond acceptors (Lipinski definition) is 5. The number of anilines is 1. The van der Waals surface area contributed by atoms with Gasteiger partial charge in [-0.3, -0.25) is 4.79 Å². The number of amides is 1. The van der Waals surface area contributed by atoms with Gasteiger partial charge in [0.05, 0.1) is 12.6 Å². The Hall–Kier alpha value is -2.90. The van der Waals surface area contributed by atoms with Gasteiger partial charge < -0.3 is 19.7 Å². The van der Waals surface area contributed by atoms with Gasteiger partial charge in [0.2, 0.25) is 11.8 Å². The molecule has 0 saturated carbocycles. The summed E-state index contributed by atoms with van der Waals surface area (Å²) in [6.07, 6.45) is 0.354. The Labute approximate surface area is 175 Å². The molecule has 8 heteroatoms. The third kappa shape index (κ3) is 6.05. The summed E-state index contributed by atoms with van der Waals surface area (Å²) in [5.41, 5.74) is 1.89. The molecule has 162 valence electrons. The van der Waals surface area contributed by atoms with Gasteiger partial charge in [-0.15, -0.1) is 0 Å². The first-order chi connectivity index (χ1) is 14.4. The molecule has 2 aromatic rings. The monoisotopic (exact) mass is 419 g/mol. The highest BCUT2D eigenvalue weighted by atomic mass is 19.3. The maximum Gasteiger partial charge on any atom is 0.272 e. The molecule has 1 saturated heterocycles. The molecule has 0 spiro atoms. The van der Waals surface area contributed by atoms with E-state index in [1.807, 2.05) is 44.2 Å². The highest BCUT2D eigenvalue weighted by molar-refractivity contribution is 5.76. The van der Waals surface area contributed by atoms with E-state index in [2.05, 4.69) is 15.2 Å². The van der Waals surface area contributed by atoms with E-state index in [0.717, 1.165) is 30.0 Å². The maximum atomic E-state index is 12.3. The number of nitrogens with one attached hydrogen (secondary N) is 1. The summed E-state index contributed by atoms with van der Waals surface area (Å²) in [4.78, 5) is 17.6. The van der Waals surface area contributed by atoms with Gasteiger partial charge in [0.1, 0.15) is 11.9 Å². The van der Waals surface area contributed by atoms with Crippen LogP contribution in [-0.2, 0) is 4.79 Å². The number of pyridine rings is 1. The molecule has 2 heterocycles. The lowest BCUT2D eigenvalue weighted by Gasteiger charge is -2.20. The summed E-state index contributed by atoms with van der Waals surface area (Å²) in [6, 6.07) is 11.2. The number of aromatic nitrogens is 1. The van der Waals surface area contributed by atoms with Crippen LogP contribution in [0.4, 0.5) is 14.5 Å². The van der Waals surface area contributed by atoms with Crippen LogP contribution >= 0.6 is 0 Å². The third-order valence-corrected chi connectivity index (χ3v) is 4.97. The molecule has 0 radical (unpaired) electrons. The molecule has 1 aromatic heterocycles. The fourth-order valence-electron chi connectivity index (χ4n) is 3.34. The van der Waals surface area contributed by atoms with Crippen LogP contribution in [0, 0.1) is 0 Å². The van der Waals surface area contributed by atoms with Crippen LogP contribution in [0.3, 0.4) is 0 Å². The standard InChI is InChI=1S/C22H27F2N3O3/c1-3-21(28)26-15(2)16-4-6-18(7-5-16)30-19-9-11-27(13-19)17-8-10-25-22(12-17)29-14-20(23)24/h4-8,10,12,15,19-20H,3,9,11,13-14H2,1-2H3,(H,26,28)/t15-,19?/m0/s1. The number of hydrogen-bond donors (Lipinski definition) is 1. The van der Waals surface area contributed by atoms with Crippen molar-refractivity contribution in [2.24, 2.45) is 0 Å². The molecule has 1 unspecified atom stereocenters. The number of carbonyl (C=O) groups is 1. The molecule has 0 aliphatic carbocycles. The molecule has 1 amide bonds. The fraction of sp³-hybridized carbons (Fsp3) is 0.455. The van der Waals surface area contributed by atoms with E-state index in [0.29, 0.717) is 13.0 Å². The minimum Gasteiger partial charge on any atom is -0.489 e. The third-order valence-electron chi connectivity index (χ3n) is 4.97. The van der Waals surface area contributed by atoms with Crippen LogP contribution in [0.5, 0.6) is 11.6 Å². The lowest BCUT2D eigenvalue weighted by atomic mass is 10.1. The van der Waals surface area contributed by atoms with Crippen LogP contribution in [-0.4, -0.2) is 43.1 Å². The molecule has 6 nitrogen and oxygen atoms in total. The van der Waals surface area contributed by atoms with Crippen molar-refractivity contribution in [1.29, 1.82) is 0 Å². The topological polar surface area (TPSA) is 63.7 Å². The first-order valence-corrected chi connectivity index (χ1v) is 10.1. The van der Waals surface area contributed by atoms with Crippen molar-refractivity contribution in [3.8, 4) is 11.6 Å². The number of halogens is 2. The summed E-state index contributed by atoms with van der Waals surface area (Å²) in [5.74, 6) is 0.986. The van der Waals surface area contributed by atoms with Gasteiger partial charge in [-0.2, -0.15) is 0 Å².